The molecule has 0 aliphatic carbocycles. The highest BCUT2D eigenvalue weighted by Gasteiger charge is 2.29. The first-order chi connectivity index (χ1) is 10.4. The second kappa shape index (κ2) is 7.83. The molecule has 0 atom stereocenters. The van der Waals surface area contributed by atoms with Crippen molar-refractivity contribution < 1.29 is 9.53 Å². The summed E-state index contributed by atoms with van der Waals surface area (Å²) >= 11 is 0. The number of halogens is 1. The lowest BCUT2D eigenvalue weighted by molar-refractivity contribution is -0.123. The van der Waals surface area contributed by atoms with E-state index < -0.39 is 5.41 Å². The van der Waals surface area contributed by atoms with E-state index in [1.165, 1.54) is 0 Å². The highest BCUT2D eigenvalue weighted by Crippen LogP contribution is 2.29. The van der Waals surface area contributed by atoms with Gasteiger partial charge in [-0.3, -0.25) is 4.79 Å². The van der Waals surface area contributed by atoms with E-state index in [9.17, 15) is 4.79 Å². The summed E-state index contributed by atoms with van der Waals surface area (Å²) in [6.07, 6.45) is 2.12. The minimum atomic E-state index is -0.587. The Morgan fingerprint density at radius 1 is 1.26 bits per heavy atom. The van der Waals surface area contributed by atoms with Gasteiger partial charge in [-0.05, 0) is 30.2 Å². The Morgan fingerprint density at radius 3 is 2.57 bits per heavy atom. The van der Waals surface area contributed by atoms with Gasteiger partial charge in [0.1, 0.15) is 11.6 Å². The zero-order chi connectivity index (χ0) is 16.2. The molecule has 124 valence electrons. The zero-order valence-corrected chi connectivity index (χ0v) is 14.3. The maximum absolute atomic E-state index is 12.5. The van der Waals surface area contributed by atoms with Crippen LogP contribution in [0, 0.1) is 5.41 Å². The highest BCUT2D eigenvalue weighted by molar-refractivity contribution is 5.95. The van der Waals surface area contributed by atoms with Crippen molar-refractivity contribution in [2.24, 2.45) is 5.41 Å². The number of ether oxygens (including phenoxy) is 1. The van der Waals surface area contributed by atoms with Crippen LogP contribution < -0.4 is 15.8 Å². The summed E-state index contributed by atoms with van der Waals surface area (Å²) < 4.78 is 5.35. The molecule has 0 fully saturated rings. The van der Waals surface area contributed by atoms with E-state index in [1.54, 1.807) is 25.4 Å². The Hall–Kier alpha value is -2.27. The van der Waals surface area contributed by atoms with Crippen LogP contribution in [-0.2, 0) is 11.2 Å². The van der Waals surface area contributed by atoms with E-state index in [-0.39, 0.29) is 18.3 Å². The number of hydrogen-bond acceptors (Lipinski definition) is 4. The number of benzene rings is 1. The Labute approximate surface area is 142 Å². The van der Waals surface area contributed by atoms with E-state index in [1.807, 2.05) is 38.1 Å². The molecular formula is C17H22ClN3O2. The smallest absolute Gasteiger partial charge is 0.230 e. The summed E-state index contributed by atoms with van der Waals surface area (Å²) in [5.41, 5.74) is 6.58. The SMILES string of the molecule is COc1ccccc1CC(C)(C)C(=O)Nc1ccc(N)nc1.Cl. The molecule has 0 aliphatic heterocycles. The van der Waals surface area contributed by atoms with Gasteiger partial charge in [0.15, 0.2) is 0 Å². The van der Waals surface area contributed by atoms with Gasteiger partial charge >= 0.3 is 0 Å². The minimum absolute atomic E-state index is 0. The van der Waals surface area contributed by atoms with Gasteiger partial charge < -0.3 is 15.8 Å². The molecule has 0 unspecified atom stereocenters. The molecule has 2 rings (SSSR count). The van der Waals surface area contributed by atoms with Crippen LogP contribution >= 0.6 is 12.4 Å². The van der Waals surface area contributed by atoms with Crippen LogP contribution in [0.25, 0.3) is 0 Å². The molecule has 0 bridgehead atoms. The van der Waals surface area contributed by atoms with E-state index >= 15 is 0 Å². The summed E-state index contributed by atoms with van der Waals surface area (Å²) in [5.74, 6) is 1.13. The molecule has 5 nitrogen and oxygen atoms in total. The first-order valence-electron chi connectivity index (χ1n) is 7.07. The molecule has 0 saturated carbocycles. The summed E-state index contributed by atoms with van der Waals surface area (Å²) in [6.45, 7) is 3.80. The number of methoxy groups -OCH3 is 1. The average molecular weight is 336 g/mol. The number of anilines is 2. The summed E-state index contributed by atoms with van der Waals surface area (Å²) in [5, 5.41) is 2.87. The molecule has 1 aromatic carbocycles. The number of carbonyl (C=O) groups excluding carboxylic acids is 1. The predicted molar refractivity (Wildman–Crippen MR) is 95.0 cm³/mol. The fraction of sp³-hybridized carbons (Fsp3) is 0.294. The van der Waals surface area contributed by atoms with Crippen LogP contribution in [0.5, 0.6) is 5.75 Å². The number of carbonyl (C=O) groups is 1. The van der Waals surface area contributed by atoms with Crippen molar-refractivity contribution in [3.63, 3.8) is 0 Å². The Morgan fingerprint density at radius 2 is 1.96 bits per heavy atom. The molecule has 6 heteroatoms. The van der Waals surface area contributed by atoms with Gasteiger partial charge in [0, 0.05) is 5.41 Å². The van der Waals surface area contributed by atoms with Crippen LogP contribution in [0.3, 0.4) is 0 Å². The van der Waals surface area contributed by atoms with Gasteiger partial charge in [-0.15, -0.1) is 12.4 Å². The summed E-state index contributed by atoms with van der Waals surface area (Å²) in [4.78, 5) is 16.5. The number of amides is 1. The Balaban J connectivity index is 0.00000264. The molecule has 0 spiro atoms. The van der Waals surface area contributed by atoms with Gasteiger partial charge in [0.2, 0.25) is 5.91 Å². The Kier molecular flexibility index (Phi) is 6.39. The number of hydrogen-bond donors (Lipinski definition) is 2. The number of nitrogens with two attached hydrogens (primary N) is 1. The Bertz CT molecular complexity index is 657. The molecule has 2 aromatic rings. The van der Waals surface area contributed by atoms with Gasteiger partial charge in [0.05, 0.1) is 19.0 Å². The third-order valence-electron chi connectivity index (χ3n) is 3.48. The normalized spacial score (nSPS) is 10.6. The maximum atomic E-state index is 12.5. The third kappa shape index (κ3) is 4.86. The predicted octanol–water partition coefficient (Wildman–Crippen LogP) is 3.30. The average Bonchev–Trinajstić information content (AvgIpc) is 2.49. The monoisotopic (exact) mass is 335 g/mol. The van der Waals surface area contributed by atoms with Crippen molar-refractivity contribution in [1.82, 2.24) is 4.98 Å². The van der Waals surface area contributed by atoms with Gasteiger partial charge in [-0.25, -0.2) is 4.98 Å². The standard InChI is InChI=1S/C17H21N3O2.ClH/c1-17(2,10-12-6-4-5-7-14(12)22-3)16(21)20-13-8-9-15(18)19-11-13;/h4-9,11H,10H2,1-3H3,(H2,18,19)(H,20,21);1H. The number of para-hydroxylation sites is 1. The molecule has 1 heterocycles. The van der Waals surface area contributed by atoms with Gasteiger partial charge in [-0.1, -0.05) is 32.0 Å². The van der Waals surface area contributed by atoms with Crippen molar-refractivity contribution in [2.75, 3.05) is 18.2 Å². The molecule has 0 radical (unpaired) electrons. The second-order valence-corrected chi connectivity index (χ2v) is 5.80. The number of nitrogens with zero attached hydrogens (tertiary/aromatic N) is 1. The van der Waals surface area contributed by atoms with Crippen LogP contribution in [0.4, 0.5) is 11.5 Å². The number of aromatic nitrogens is 1. The van der Waals surface area contributed by atoms with Crippen LogP contribution in [0.2, 0.25) is 0 Å². The van der Waals surface area contributed by atoms with Crippen molar-refractivity contribution in [1.29, 1.82) is 0 Å². The lowest BCUT2D eigenvalue weighted by Crippen LogP contribution is -2.32. The van der Waals surface area contributed by atoms with Crippen molar-refractivity contribution in [2.45, 2.75) is 20.3 Å². The maximum Gasteiger partial charge on any atom is 0.230 e. The van der Waals surface area contributed by atoms with E-state index in [0.29, 0.717) is 17.9 Å². The molecule has 1 aromatic heterocycles. The molecule has 0 aliphatic rings. The van der Waals surface area contributed by atoms with Crippen LogP contribution in [0.15, 0.2) is 42.6 Å². The first-order valence-corrected chi connectivity index (χ1v) is 7.07. The van der Waals surface area contributed by atoms with Crippen LogP contribution in [0.1, 0.15) is 19.4 Å². The molecule has 0 saturated heterocycles. The van der Waals surface area contributed by atoms with E-state index in [2.05, 4.69) is 10.3 Å². The number of rotatable bonds is 5. The fourth-order valence-electron chi connectivity index (χ4n) is 2.18. The van der Waals surface area contributed by atoms with E-state index in [0.717, 1.165) is 11.3 Å². The zero-order valence-electron chi connectivity index (χ0n) is 13.5. The van der Waals surface area contributed by atoms with Gasteiger partial charge in [-0.2, -0.15) is 0 Å². The second-order valence-electron chi connectivity index (χ2n) is 5.80. The quantitative estimate of drug-likeness (QED) is 0.878. The topological polar surface area (TPSA) is 77.2 Å². The number of nitrogen functional groups attached to an aromatic ring is 1. The molecule has 23 heavy (non-hydrogen) atoms. The van der Waals surface area contributed by atoms with Gasteiger partial charge in [0.25, 0.3) is 0 Å². The van der Waals surface area contributed by atoms with Crippen LogP contribution in [-0.4, -0.2) is 18.0 Å². The number of pyridine rings is 1. The molecule has 1 amide bonds. The van der Waals surface area contributed by atoms with Crippen molar-refractivity contribution in [3.05, 3.63) is 48.2 Å². The minimum Gasteiger partial charge on any atom is -0.496 e. The summed E-state index contributed by atoms with van der Waals surface area (Å²) in [7, 11) is 1.63. The highest BCUT2D eigenvalue weighted by atomic mass is 35.5. The number of nitrogens with one attached hydrogen (secondary N) is 1. The largest absolute Gasteiger partial charge is 0.496 e. The molecule has 3 N–H and O–H groups in total. The van der Waals surface area contributed by atoms with Crippen molar-refractivity contribution >= 4 is 29.8 Å². The summed E-state index contributed by atoms with van der Waals surface area (Å²) in [6, 6.07) is 11.1. The fourth-order valence-corrected chi connectivity index (χ4v) is 2.18. The lowest BCUT2D eigenvalue weighted by atomic mass is 9.84. The third-order valence-corrected chi connectivity index (χ3v) is 3.48. The molecular weight excluding hydrogens is 314 g/mol. The first kappa shape index (κ1) is 18.8. The van der Waals surface area contributed by atoms with Crippen molar-refractivity contribution in [3.8, 4) is 5.75 Å². The lowest BCUT2D eigenvalue weighted by Gasteiger charge is -2.24. The van der Waals surface area contributed by atoms with E-state index in [4.69, 9.17) is 10.5 Å².